The van der Waals surface area contributed by atoms with E-state index in [1.165, 1.54) is 56.9 Å². The second-order valence-corrected chi connectivity index (χ2v) is 9.02. The molecule has 0 N–H and O–H groups in total. The minimum absolute atomic E-state index is 0.0357. The van der Waals surface area contributed by atoms with Crippen LogP contribution in [0.5, 0.6) is 0 Å². The summed E-state index contributed by atoms with van der Waals surface area (Å²) in [6.07, 6.45) is 11.0. The Morgan fingerprint density at radius 2 is 1.55 bits per heavy atom. The zero-order valence-electron chi connectivity index (χ0n) is 14.1. The summed E-state index contributed by atoms with van der Waals surface area (Å²) in [5.41, 5.74) is 1.82. The third-order valence-corrected chi connectivity index (χ3v) is 4.30. The fraction of sp³-hybridized carbons (Fsp3) is 0.889. The van der Waals surface area contributed by atoms with Crippen LogP contribution < -0.4 is 0 Å². The molecule has 120 valence electrons. The van der Waals surface area contributed by atoms with Gasteiger partial charge in [0, 0.05) is 4.87 Å². The van der Waals surface area contributed by atoms with Gasteiger partial charge in [0.05, 0.1) is 0 Å². The Bertz CT molecular complexity index is 263. The Hall–Kier alpha value is 0.380. The first-order valence-corrected chi connectivity index (χ1v) is 9.14. The third kappa shape index (κ3) is 13.4. The van der Waals surface area contributed by atoms with E-state index < -0.39 is 0 Å². The second kappa shape index (κ2) is 10.2. The maximum Gasteiger partial charge on any atom is 0.0390 e. The van der Waals surface area contributed by atoms with Crippen molar-refractivity contribution in [2.45, 2.75) is 90.4 Å². The summed E-state index contributed by atoms with van der Waals surface area (Å²) < 4.78 is 0. The number of allylic oxidation sites excluding steroid dienone is 1. The SMILES string of the molecule is C=C(CCCCCC(C)(C)Cl)CC(C)(C)CCCCS. The molecule has 0 aromatic rings. The molecule has 0 heterocycles. The minimum Gasteiger partial charge on any atom is -0.179 e. The highest BCUT2D eigenvalue weighted by atomic mass is 35.5. The van der Waals surface area contributed by atoms with E-state index in [-0.39, 0.29) is 4.87 Å². The number of thiol groups is 1. The summed E-state index contributed by atoms with van der Waals surface area (Å²) in [6.45, 7) is 13.2. The average Bonchev–Trinajstić information content (AvgIpc) is 2.26. The number of unbranched alkanes of at least 4 members (excludes halogenated alkanes) is 3. The molecule has 0 spiro atoms. The fourth-order valence-electron chi connectivity index (χ4n) is 2.67. The Kier molecular flexibility index (Phi) is 10.4. The number of alkyl halides is 1. The van der Waals surface area contributed by atoms with Gasteiger partial charge in [-0.2, -0.15) is 12.6 Å². The molecule has 0 aliphatic carbocycles. The van der Waals surface area contributed by atoms with E-state index in [1.807, 2.05) is 0 Å². The predicted molar refractivity (Wildman–Crippen MR) is 98.3 cm³/mol. The Labute approximate surface area is 138 Å². The largest absolute Gasteiger partial charge is 0.179 e. The van der Waals surface area contributed by atoms with Crippen LogP contribution in [0.2, 0.25) is 0 Å². The summed E-state index contributed by atoms with van der Waals surface area (Å²) in [5.74, 6) is 1.01. The molecule has 0 nitrogen and oxygen atoms in total. The Morgan fingerprint density at radius 3 is 2.10 bits per heavy atom. The molecule has 0 rings (SSSR count). The highest BCUT2D eigenvalue weighted by Gasteiger charge is 2.18. The zero-order chi connectivity index (χ0) is 15.6. The van der Waals surface area contributed by atoms with E-state index >= 15 is 0 Å². The van der Waals surface area contributed by atoms with Crippen molar-refractivity contribution in [3.63, 3.8) is 0 Å². The van der Waals surface area contributed by atoms with Gasteiger partial charge in [0.2, 0.25) is 0 Å². The molecule has 0 fully saturated rings. The zero-order valence-corrected chi connectivity index (χ0v) is 15.8. The van der Waals surface area contributed by atoms with Crippen molar-refractivity contribution >= 4 is 24.2 Å². The highest BCUT2D eigenvalue weighted by Crippen LogP contribution is 2.32. The van der Waals surface area contributed by atoms with Gasteiger partial charge < -0.3 is 0 Å². The number of hydrogen-bond donors (Lipinski definition) is 1. The number of rotatable bonds is 12. The molecule has 0 aromatic heterocycles. The van der Waals surface area contributed by atoms with Crippen LogP contribution in [0.25, 0.3) is 0 Å². The maximum atomic E-state index is 6.20. The van der Waals surface area contributed by atoms with Gasteiger partial charge in [-0.1, -0.05) is 45.3 Å². The van der Waals surface area contributed by atoms with Crippen molar-refractivity contribution in [1.29, 1.82) is 0 Å². The molecule has 0 atom stereocenters. The molecule has 20 heavy (non-hydrogen) atoms. The van der Waals surface area contributed by atoms with Crippen LogP contribution in [0.4, 0.5) is 0 Å². The molecule has 2 heteroatoms. The number of halogens is 1. The van der Waals surface area contributed by atoms with Gasteiger partial charge in [0.25, 0.3) is 0 Å². The van der Waals surface area contributed by atoms with Gasteiger partial charge in [0.1, 0.15) is 0 Å². The molecule has 0 saturated heterocycles. The van der Waals surface area contributed by atoms with Gasteiger partial charge in [-0.25, -0.2) is 0 Å². The molecular formula is C18H35ClS. The van der Waals surface area contributed by atoms with E-state index in [9.17, 15) is 0 Å². The van der Waals surface area contributed by atoms with E-state index in [2.05, 4.69) is 46.9 Å². The lowest BCUT2D eigenvalue weighted by atomic mass is 9.80. The molecule has 0 amide bonds. The van der Waals surface area contributed by atoms with E-state index in [4.69, 9.17) is 11.6 Å². The average molecular weight is 319 g/mol. The number of hydrogen-bond acceptors (Lipinski definition) is 1. The molecule has 0 aliphatic rings. The molecule has 0 aromatic carbocycles. The van der Waals surface area contributed by atoms with Crippen LogP contribution in [-0.4, -0.2) is 10.6 Å². The van der Waals surface area contributed by atoms with Gasteiger partial charge >= 0.3 is 0 Å². The van der Waals surface area contributed by atoms with Crippen LogP contribution in [0.15, 0.2) is 12.2 Å². The molecule has 0 aliphatic heterocycles. The van der Waals surface area contributed by atoms with Crippen molar-refractivity contribution < 1.29 is 0 Å². The lowest BCUT2D eigenvalue weighted by molar-refractivity contribution is 0.317. The summed E-state index contributed by atoms with van der Waals surface area (Å²) in [6, 6.07) is 0. The van der Waals surface area contributed by atoms with Crippen molar-refractivity contribution in [3.05, 3.63) is 12.2 Å². The molecule has 0 saturated carbocycles. The van der Waals surface area contributed by atoms with Crippen LogP contribution in [0.3, 0.4) is 0 Å². The van der Waals surface area contributed by atoms with Crippen molar-refractivity contribution in [1.82, 2.24) is 0 Å². The van der Waals surface area contributed by atoms with Crippen LogP contribution in [0, 0.1) is 5.41 Å². The standard InChI is InChI=1S/C18H35ClS/c1-16(11-7-6-8-13-18(4,5)19)15-17(2,3)12-9-10-14-20/h20H,1,6-15H2,2-5H3. The molecular weight excluding hydrogens is 284 g/mol. The smallest absolute Gasteiger partial charge is 0.0390 e. The summed E-state index contributed by atoms with van der Waals surface area (Å²) in [4.78, 5) is -0.0357. The minimum atomic E-state index is -0.0357. The fourth-order valence-corrected chi connectivity index (χ4v) is 3.02. The Morgan fingerprint density at radius 1 is 0.950 bits per heavy atom. The van der Waals surface area contributed by atoms with Crippen LogP contribution in [0.1, 0.15) is 85.5 Å². The topological polar surface area (TPSA) is 0 Å². The summed E-state index contributed by atoms with van der Waals surface area (Å²) in [5, 5.41) is 0. The summed E-state index contributed by atoms with van der Waals surface area (Å²) in [7, 11) is 0. The van der Waals surface area contributed by atoms with Crippen molar-refractivity contribution in [2.75, 3.05) is 5.75 Å². The third-order valence-electron chi connectivity index (χ3n) is 3.79. The molecule has 0 unspecified atom stereocenters. The maximum absolute atomic E-state index is 6.20. The molecule has 0 bridgehead atoms. The summed E-state index contributed by atoms with van der Waals surface area (Å²) >= 11 is 10.5. The predicted octanol–water partition coefficient (Wildman–Crippen LogP) is 7.03. The quantitative estimate of drug-likeness (QED) is 0.170. The first-order valence-electron chi connectivity index (χ1n) is 8.13. The first-order chi connectivity index (χ1) is 9.16. The van der Waals surface area contributed by atoms with Crippen LogP contribution >= 0.6 is 24.2 Å². The van der Waals surface area contributed by atoms with Gasteiger partial charge in [-0.05, 0) is 63.5 Å². The van der Waals surface area contributed by atoms with Gasteiger partial charge in [-0.15, -0.1) is 11.6 Å². The second-order valence-electron chi connectivity index (χ2n) is 7.55. The van der Waals surface area contributed by atoms with Crippen LogP contribution in [-0.2, 0) is 0 Å². The van der Waals surface area contributed by atoms with Crippen molar-refractivity contribution in [3.8, 4) is 0 Å². The molecule has 0 radical (unpaired) electrons. The lowest BCUT2D eigenvalue weighted by Crippen LogP contribution is -2.12. The van der Waals surface area contributed by atoms with E-state index in [0.29, 0.717) is 5.41 Å². The lowest BCUT2D eigenvalue weighted by Gasteiger charge is -2.25. The van der Waals surface area contributed by atoms with E-state index in [0.717, 1.165) is 12.2 Å². The normalized spacial score (nSPS) is 12.7. The Balaban J connectivity index is 3.71. The first kappa shape index (κ1) is 20.4. The monoisotopic (exact) mass is 318 g/mol. The van der Waals surface area contributed by atoms with Gasteiger partial charge in [-0.3, -0.25) is 0 Å². The van der Waals surface area contributed by atoms with Crippen molar-refractivity contribution in [2.24, 2.45) is 5.41 Å². The van der Waals surface area contributed by atoms with Gasteiger partial charge in [0.15, 0.2) is 0 Å². The van der Waals surface area contributed by atoms with E-state index in [1.54, 1.807) is 0 Å². The highest BCUT2D eigenvalue weighted by molar-refractivity contribution is 7.80.